The Bertz CT molecular complexity index is 1170. The molecule has 0 aliphatic rings. The van der Waals surface area contributed by atoms with Crippen LogP contribution in [0.3, 0.4) is 0 Å². The summed E-state index contributed by atoms with van der Waals surface area (Å²) in [6, 6.07) is 25.1. The summed E-state index contributed by atoms with van der Waals surface area (Å²) in [5, 5.41) is 2.94. The summed E-state index contributed by atoms with van der Waals surface area (Å²) in [4.78, 5) is 18.3. The van der Waals surface area contributed by atoms with Gasteiger partial charge in [0.1, 0.15) is 11.5 Å². The third kappa shape index (κ3) is 5.39. The number of carbonyl (C=O) groups is 1. The first-order valence-electron chi connectivity index (χ1n) is 10.3. The van der Waals surface area contributed by atoms with Gasteiger partial charge in [-0.05, 0) is 61.0 Å². The third-order valence-corrected chi connectivity index (χ3v) is 6.04. The van der Waals surface area contributed by atoms with Crippen molar-refractivity contribution < 1.29 is 13.9 Å². The Morgan fingerprint density at radius 2 is 1.72 bits per heavy atom. The quantitative estimate of drug-likeness (QED) is 0.344. The van der Waals surface area contributed by atoms with Crippen LogP contribution in [0.4, 0.5) is 0 Å². The molecule has 0 radical (unpaired) electrons. The van der Waals surface area contributed by atoms with Crippen molar-refractivity contribution >= 4 is 17.7 Å². The minimum absolute atomic E-state index is 0.129. The van der Waals surface area contributed by atoms with Crippen LogP contribution in [-0.2, 0) is 12.3 Å². The van der Waals surface area contributed by atoms with Crippen molar-refractivity contribution in [3.8, 4) is 17.2 Å². The predicted molar refractivity (Wildman–Crippen MR) is 127 cm³/mol. The number of hydrogen-bond acceptors (Lipinski definition) is 5. The molecule has 32 heavy (non-hydrogen) atoms. The van der Waals surface area contributed by atoms with E-state index in [1.807, 2.05) is 61.5 Å². The van der Waals surface area contributed by atoms with Crippen LogP contribution in [0.25, 0.3) is 11.5 Å². The Kier molecular flexibility index (Phi) is 6.92. The summed E-state index contributed by atoms with van der Waals surface area (Å²) >= 11 is 1.73. The van der Waals surface area contributed by atoms with Crippen LogP contribution < -0.4 is 10.1 Å². The first kappa shape index (κ1) is 21.7. The van der Waals surface area contributed by atoms with Gasteiger partial charge in [0.05, 0.1) is 12.8 Å². The van der Waals surface area contributed by atoms with Crippen molar-refractivity contribution in [2.75, 3.05) is 7.11 Å². The van der Waals surface area contributed by atoms with Gasteiger partial charge in [0.15, 0.2) is 0 Å². The van der Waals surface area contributed by atoms with Gasteiger partial charge in [0.2, 0.25) is 5.89 Å². The highest BCUT2D eigenvalue weighted by Crippen LogP contribution is 2.27. The molecule has 0 aliphatic heterocycles. The summed E-state index contributed by atoms with van der Waals surface area (Å²) in [6.45, 7) is 2.38. The zero-order valence-electron chi connectivity index (χ0n) is 18.0. The molecule has 0 saturated carbocycles. The smallest absolute Gasteiger partial charge is 0.251 e. The maximum atomic E-state index is 12.5. The summed E-state index contributed by atoms with van der Waals surface area (Å²) < 4.78 is 11.0. The minimum Gasteiger partial charge on any atom is -0.497 e. The first-order chi connectivity index (χ1) is 15.6. The Balaban J connectivity index is 1.37. The van der Waals surface area contributed by atoms with Gasteiger partial charge in [-0.15, -0.1) is 11.8 Å². The van der Waals surface area contributed by atoms with E-state index in [0.29, 0.717) is 18.0 Å². The Hall–Kier alpha value is -3.51. The number of hydrogen-bond donors (Lipinski definition) is 1. The van der Waals surface area contributed by atoms with E-state index in [2.05, 4.69) is 22.4 Å². The van der Waals surface area contributed by atoms with Gasteiger partial charge < -0.3 is 14.5 Å². The number of rotatable bonds is 8. The molecular formula is C26H24N2O3S. The molecule has 0 bridgehead atoms. The van der Waals surface area contributed by atoms with Crippen LogP contribution in [0, 0.1) is 6.92 Å². The van der Waals surface area contributed by atoms with Gasteiger partial charge in [0, 0.05) is 28.3 Å². The third-order valence-electron chi connectivity index (χ3n) is 5.02. The fourth-order valence-electron chi connectivity index (χ4n) is 3.15. The van der Waals surface area contributed by atoms with Gasteiger partial charge in [-0.2, -0.15) is 0 Å². The lowest BCUT2D eigenvalue weighted by molar-refractivity contribution is 0.0951. The molecule has 0 atom stereocenters. The number of aromatic nitrogens is 1. The molecular weight excluding hydrogens is 420 g/mol. The average Bonchev–Trinajstić information content (AvgIpc) is 3.22. The molecule has 0 unspecified atom stereocenters. The van der Waals surface area contributed by atoms with Crippen LogP contribution in [0.2, 0.25) is 0 Å². The highest BCUT2D eigenvalue weighted by molar-refractivity contribution is 7.98. The standard InChI is InChI=1S/C26H24N2O3S/c1-18-24(17-32-23-6-4-3-5-7-23)28-26(31-18)21-12-10-20(11-13-21)25(29)27-16-19-8-14-22(30-2)15-9-19/h3-15H,16-17H2,1-2H3,(H,27,29). The summed E-state index contributed by atoms with van der Waals surface area (Å²) in [5.74, 6) is 2.78. The van der Waals surface area contributed by atoms with Gasteiger partial charge >= 0.3 is 0 Å². The van der Waals surface area contributed by atoms with Crippen molar-refractivity contribution in [2.24, 2.45) is 0 Å². The second kappa shape index (κ2) is 10.2. The Morgan fingerprint density at radius 1 is 1.00 bits per heavy atom. The average molecular weight is 445 g/mol. The minimum atomic E-state index is -0.129. The van der Waals surface area contributed by atoms with Crippen LogP contribution >= 0.6 is 11.8 Å². The second-order valence-electron chi connectivity index (χ2n) is 7.23. The molecule has 4 aromatic rings. The maximum Gasteiger partial charge on any atom is 0.251 e. The zero-order chi connectivity index (χ0) is 22.3. The van der Waals surface area contributed by atoms with Gasteiger partial charge in [-0.3, -0.25) is 4.79 Å². The summed E-state index contributed by atoms with van der Waals surface area (Å²) in [7, 11) is 1.63. The SMILES string of the molecule is COc1ccc(CNC(=O)c2ccc(-c3nc(CSc4ccccc4)c(C)o3)cc2)cc1. The fraction of sp³-hybridized carbons (Fsp3) is 0.154. The van der Waals surface area contributed by atoms with Crippen LogP contribution in [0.1, 0.15) is 27.4 Å². The lowest BCUT2D eigenvalue weighted by Gasteiger charge is -2.07. The van der Waals surface area contributed by atoms with E-state index in [1.54, 1.807) is 31.0 Å². The van der Waals surface area contributed by atoms with E-state index in [9.17, 15) is 4.79 Å². The molecule has 3 aromatic carbocycles. The number of benzene rings is 3. The number of nitrogens with zero attached hydrogens (tertiary/aromatic N) is 1. The maximum absolute atomic E-state index is 12.5. The summed E-state index contributed by atoms with van der Waals surface area (Å²) in [6.07, 6.45) is 0. The number of aryl methyl sites for hydroxylation is 1. The largest absolute Gasteiger partial charge is 0.497 e. The van der Waals surface area contributed by atoms with E-state index in [0.717, 1.165) is 34.1 Å². The molecule has 1 amide bonds. The molecule has 0 fully saturated rings. The van der Waals surface area contributed by atoms with Gasteiger partial charge in [-0.25, -0.2) is 4.98 Å². The van der Waals surface area contributed by atoms with Crippen molar-refractivity contribution in [3.63, 3.8) is 0 Å². The second-order valence-corrected chi connectivity index (χ2v) is 8.28. The van der Waals surface area contributed by atoms with E-state index in [1.165, 1.54) is 4.90 Å². The van der Waals surface area contributed by atoms with Crippen molar-refractivity contribution in [1.29, 1.82) is 0 Å². The van der Waals surface area contributed by atoms with Gasteiger partial charge in [0.25, 0.3) is 5.91 Å². The number of carbonyl (C=O) groups excluding carboxylic acids is 1. The Labute approximate surface area is 191 Å². The lowest BCUT2D eigenvalue weighted by atomic mass is 10.1. The fourth-order valence-corrected chi connectivity index (χ4v) is 4.07. The Morgan fingerprint density at radius 3 is 2.41 bits per heavy atom. The monoisotopic (exact) mass is 444 g/mol. The number of amides is 1. The molecule has 6 heteroatoms. The zero-order valence-corrected chi connectivity index (χ0v) is 18.8. The van der Waals surface area contributed by atoms with E-state index >= 15 is 0 Å². The predicted octanol–water partition coefficient (Wildman–Crippen LogP) is 5.88. The van der Waals surface area contributed by atoms with E-state index < -0.39 is 0 Å². The first-order valence-corrected chi connectivity index (χ1v) is 11.3. The number of methoxy groups -OCH3 is 1. The van der Waals surface area contributed by atoms with E-state index in [4.69, 9.17) is 9.15 Å². The molecule has 162 valence electrons. The highest BCUT2D eigenvalue weighted by Gasteiger charge is 2.13. The molecule has 1 N–H and O–H groups in total. The normalized spacial score (nSPS) is 10.7. The highest BCUT2D eigenvalue weighted by atomic mass is 32.2. The van der Waals surface area contributed by atoms with E-state index in [-0.39, 0.29) is 5.91 Å². The number of oxazole rings is 1. The van der Waals surface area contributed by atoms with Crippen molar-refractivity contribution in [3.05, 3.63) is 101 Å². The van der Waals surface area contributed by atoms with Crippen LogP contribution in [0.15, 0.2) is 88.2 Å². The molecule has 5 nitrogen and oxygen atoms in total. The molecule has 0 spiro atoms. The van der Waals surface area contributed by atoms with Crippen LogP contribution in [-0.4, -0.2) is 18.0 Å². The number of ether oxygens (including phenoxy) is 1. The topological polar surface area (TPSA) is 64.4 Å². The molecule has 0 saturated heterocycles. The van der Waals surface area contributed by atoms with Gasteiger partial charge in [-0.1, -0.05) is 30.3 Å². The van der Waals surface area contributed by atoms with Crippen molar-refractivity contribution in [1.82, 2.24) is 10.3 Å². The molecule has 1 heterocycles. The van der Waals surface area contributed by atoms with Crippen LogP contribution in [0.5, 0.6) is 5.75 Å². The number of thioether (sulfide) groups is 1. The molecule has 0 aliphatic carbocycles. The summed E-state index contributed by atoms with van der Waals surface area (Å²) in [5.41, 5.74) is 3.36. The van der Waals surface area contributed by atoms with Crippen molar-refractivity contribution in [2.45, 2.75) is 24.1 Å². The molecule has 1 aromatic heterocycles. The molecule has 4 rings (SSSR count). The lowest BCUT2D eigenvalue weighted by Crippen LogP contribution is -2.22. The number of nitrogens with one attached hydrogen (secondary N) is 1.